The van der Waals surface area contributed by atoms with E-state index in [-0.39, 0.29) is 12.5 Å². The van der Waals surface area contributed by atoms with Gasteiger partial charge in [-0.3, -0.25) is 9.10 Å². The van der Waals surface area contributed by atoms with Gasteiger partial charge in [-0.15, -0.1) is 0 Å². The van der Waals surface area contributed by atoms with Crippen molar-refractivity contribution in [3.63, 3.8) is 0 Å². The van der Waals surface area contributed by atoms with Crippen molar-refractivity contribution >= 4 is 44.8 Å². The van der Waals surface area contributed by atoms with Crippen molar-refractivity contribution in [2.75, 3.05) is 30.2 Å². The number of hydrogen-bond acceptors (Lipinski definition) is 3. The first-order valence-corrected chi connectivity index (χ1v) is 13.1. The Kier molecular flexibility index (Phi) is 8.25. The van der Waals surface area contributed by atoms with Gasteiger partial charge in [-0.05, 0) is 55.4 Å². The van der Waals surface area contributed by atoms with E-state index in [1.54, 1.807) is 12.1 Å². The Bertz CT molecular complexity index is 991. The molecule has 0 spiro atoms. The Morgan fingerprint density at radius 2 is 1.77 bits per heavy atom. The molecule has 31 heavy (non-hydrogen) atoms. The molecule has 0 aliphatic carbocycles. The molecule has 0 radical (unpaired) electrons. The molecule has 1 fully saturated rings. The van der Waals surface area contributed by atoms with E-state index in [2.05, 4.69) is 24.3 Å². The molecule has 168 valence electrons. The summed E-state index contributed by atoms with van der Waals surface area (Å²) >= 11 is 12.2. The van der Waals surface area contributed by atoms with E-state index in [0.717, 1.165) is 38.6 Å². The second-order valence-electron chi connectivity index (χ2n) is 8.05. The van der Waals surface area contributed by atoms with Gasteiger partial charge in [-0.1, -0.05) is 53.5 Å². The number of piperidine rings is 1. The summed E-state index contributed by atoms with van der Waals surface area (Å²) in [5.41, 5.74) is 1.68. The Hall–Kier alpha value is -1.76. The maximum Gasteiger partial charge on any atom is 0.232 e. The first-order chi connectivity index (χ1) is 14.7. The fourth-order valence-electron chi connectivity index (χ4n) is 4.01. The maximum absolute atomic E-state index is 12.7. The molecule has 0 saturated carbocycles. The Labute approximate surface area is 195 Å². The zero-order valence-corrected chi connectivity index (χ0v) is 20.0. The van der Waals surface area contributed by atoms with Crippen LogP contribution in [-0.4, -0.2) is 45.1 Å². The number of amides is 1. The molecule has 8 heteroatoms. The van der Waals surface area contributed by atoms with Gasteiger partial charge in [-0.2, -0.15) is 0 Å². The Morgan fingerprint density at radius 3 is 2.42 bits per heavy atom. The van der Waals surface area contributed by atoms with Gasteiger partial charge in [0.05, 0.1) is 17.0 Å². The largest absolute Gasteiger partial charge is 0.343 e. The fraction of sp³-hybridized carbons (Fsp3) is 0.435. The lowest BCUT2D eigenvalue weighted by molar-refractivity contribution is -0.132. The number of halogens is 2. The fourth-order valence-corrected chi connectivity index (χ4v) is 5.41. The summed E-state index contributed by atoms with van der Waals surface area (Å²) in [7, 11) is -3.55. The van der Waals surface area contributed by atoms with Crippen LogP contribution in [0.1, 0.15) is 31.2 Å². The lowest BCUT2D eigenvalue weighted by Gasteiger charge is -2.32. The normalized spacial score (nSPS) is 15.1. The number of sulfonamides is 1. The van der Waals surface area contributed by atoms with Gasteiger partial charge in [0, 0.05) is 31.1 Å². The van der Waals surface area contributed by atoms with E-state index in [1.165, 1.54) is 15.9 Å². The van der Waals surface area contributed by atoms with Gasteiger partial charge in [0.1, 0.15) is 0 Å². The summed E-state index contributed by atoms with van der Waals surface area (Å²) in [4.78, 5) is 14.6. The smallest absolute Gasteiger partial charge is 0.232 e. The van der Waals surface area contributed by atoms with Crippen LogP contribution in [0.15, 0.2) is 48.5 Å². The number of anilines is 1. The molecule has 0 atom stereocenters. The highest BCUT2D eigenvalue weighted by molar-refractivity contribution is 7.92. The van der Waals surface area contributed by atoms with Crippen molar-refractivity contribution in [1.82, 2.24) is 4.90 Å². The van der Waals surface area contributed by atoms with Crippen LogP contribution in [0.5, 0.6) is 0 Å². The topological polar surface area (TPSA) is 57.7 Å². The first-order valence-electron chi connectivity index (χ1n) is 10.5. The van der Waals surface area contributed by atoms with Gasteiger partial charge in [0.2, 0.25) is 15.9 Å². The monoisotopic (exact) mass is 482 g/mol. The third-order valence-electron chi connectivity index (χ3n) is 5.66. The van der Waals surface area contributed by atoms with E-state index in [4.69, 9.17) is 23.2 Å². The lowest BCUT2D eigenvalue weighted by atomic mass is 9.90. The van der Waals surface area contributed by atoms with Crippen LogP contribution >= 0.6 is 23.2 Å². The molecule has 2 aromatic carbocycles. The standard InChI is InChI=1S/C23H28Cl2N2O3S/c1-31(29,30)27(22-17-20(24)9-10-21(22)25)13-5-8-23(28)26-14-11-19(12-15-26)16-18-6-3-2-4-7-18/h2-4,6-7,9-10,17,19H,5,8,11-16H2,1H3. The van der Waals surface area contributed by atoms with Gasteiger partial charge in [0.15, 0.2) is 0 Å². The number of benzene rings is 2. The van der Waals surface area contributed by atoms with Crippen LogP contribution in [0.3, 0.4) is 0 Å². The lowest BCUT2D eigenvalue weighted by Crippen LogP contribution is -2.39. The average molecular weight is 483 g/mol. The molecule has 3 rings (SSSR count). The third-order valence-corrected chi connectivity index (χ3v) is 7.40. The Balaban J connectivity index is 1.50. The molecule has 1 aliphatic heterocycles. The number of nitrogens with zero attached hydrogens (tertiary/aromatic N) is 2. The van der Waals surface area contributed by atoms with Crippen LogP contribution in [0.4, 0.5) is 5.69 Å². The first kappa shape index (κ1) is 23.9. The van der Waals surface area contributed by atoms with E-state index in [9.17, 15) is 13.2 Å². The minimum atomic E-state index is -3.55. The quantitative estimate of drug-likeness (QED) is 0.530. The molecular formula is C23H28Cl2N2O3S. The number of carbonyl (C=O) groups excluding carboxylic acids is 1. The van der Waals surface area contributed by atoms with Crippen molar-refractivity contribution < 1.29 is 13.2 Å². The highest BCUT2D eigenvalue weighted by Crippen LogP contribution is 2.31. The zero-order chi connectivity index (χ0) is 22.4. The van der Waals surface area contributed by atoms with Crippen LogP contribution in [0, 0.1) is 5.92 Å². The summed E-state index contributed by atoms with van der Waals surface area (Å²) in [6.07, 6.45) is 4.88. The second-order valence-corrected chi connectivity index (χ2v) is 10.8. The van der Waals surface area contributed by atoms with E-state index >= 15 is 0 Å². The van der Waals surface area contributed by atoms with Gasteiger partial charge >= 0.3 is 0 Å². The molecule has 2 aromatic rings. The van der Waals surface area contributed by atoms with Gasteiger partial charge < -0.3 is 4.90 Å². The number of carbonyl (C=O) groups is 1. The maximum atomic E-state index is 12.7. The van der Waals surface area contributed by atoms with Gasteiger partial charge in [-0.25, -0.2) is 8.42 Å². The number of rotatable bonds is 8. The summed E-state index contributed by atoms with van der Waals surface area (Å²) in [6.45, 7) is 1.69. The highest BCUT2D eigenvalue weighted by atomic mass is 35.5. The van der Waals surface area contributed by atoms with Crippen molar-refractivity contribution in [1.29, 1.82) is 0 Å². The zero-order valence-electron chi connectivity index (χ0n) is 17.6. The van der Waals surface area contributed by atoms with Crippen LogP contribution in [0.25, 0.3) is 0 Å². The molecule has 0 unspecified atom stereocenters. The minimum absolute atomic E-state index is 0.0730. The van der Waals surface area contributed by atoms with Gasteiger partial charge in [0.25, 0.3) is 0 Å². The molecule has 1 saturated heterocycles. The summed E-state index contributed by atoms with van der Waals surface area (Å²) < 4.78 is 25.8. The van der Waals surface area contributed by atoms with E-state index < -0.39 is 10.0 Å². The van der Waals surface area contributed by atoms with Crippen molar-refractivity contribution in [3.8, 4) is 0 Å². The van der Waals surface area contributed by atoms with E-state index in [0.29, 0.717) is 34.5 Å². The average Bonchev–Trinajstić information content (AvgIpc) is 2.73. The minimum Gasteiger partial charge on any atom is -0.343 e. The molecule has 0 bridgehead atoms. The SMILES string of the molecule is CS(=O)(=O)N(CCCC(=O)N1CCC(Cc2ccccc2)CC1)c1cc(Cl)ccc1Cl. The molecular weight excluding hydrogens is 455 g/mol. The predicted molar refractivity (Wildman–Crippen MR) is 127 cm³/mol. The highest BCUT2D eigenvalue weighted by Gasteiger charge is 2.24. The second kappa shape index (κ2) is 10.7. The molecule has 1 heterocycles. The summed E-state index contributed by atoms with van der Waals surface area (Å²) in [5, 5.41) is 0.712. The van der Waals surface area contributed by atoms with Crippen molar-refractivity contribution in [2.24, 2.45) is 5.92 Å². The number of likely N-dealkylation sites (tertiary alicyclic amines) is 1. The van der Waals surface area contributed by atoms with Crippen molar-refractivity contribution in [3.05, 3.63) is 64.1 Å². The molecule has 0 N–H and O–H groups in total. The van der Waals surface area contributed by atoms with Crippen molar-refractivity contribution in [2.45, 2.75) is 32.1 Å². The predicted octanol–water partition coefficient (Wildman–Crippen LogP) is 5.02. The molecule has 1 aliphatic rings. The van der Waals surface area contributed by atoms with E-state index in [1.807, 2.05) is 11.0 Å². The summed E-state index contributed by atoms with van der Waals surface area (Å²) in [6, 6.07) is 15.2. The Morgan fingerprint density at radius 1 is 1.10 bits per heavy atom. The summed E-state index contributed by atoms with van der Waals surface area (Å²) in [5.74, 6) is 0.668. The molecule has 5 nitrogen and oxygen atoms in total. The van der Waals surface area contributed by atoms with Crippen LogP contribution in [0.2, 0.25) is 10.0 Å². The molecule has 1 amide bonds. The third kappa shape index (κ3) is 6.86. The van der Waals surface area contributed by atoms with Crippen LogP contribution in [-0.2, 0) is 21.2 Å². The molecule has 0 aromatic heterocycles. The van der Waals surface area contributed by atoms with Crippen LogP contribution < -0.4 is 4.31 Å². The number of hydrogen-bond donors (Lipinski definition) is 0.